The van der Waals surface area contributed by atoms with Gasteiger partial charge in [-0.05, 0) is 35.9 Å². The minimum absolute atomic E-state index is 0.186. The second-order valence-corrected chi connectivity index (χ2v) is 7.66. The number of pyridine rings is 1. The molecule has 1 saturated heterocycles. The van der Waals surface area contributed by atoms with Crippen LogP contribution in [0.15, 0.2) is 47.4 Å². The maximum Gasteiger partial charge on any atom is 0.251 e. The van der Waals surface area contributed by atoms with Gasteiger partial charge < -0.3 is 24.4 Å². The molecule has 0 bridgehead atoms. The van der Waals surface area contributed by atoms with Crippen molar-refractivity contribution in [2.45, 2.75) is 13.2 Å². The van der Waals surface area contributed by atoms with Gasteiger partial charge in [-0.25, -0.2) is 9.97 Å². The number of methoxy groups -OCH3 is 1. The first kappa shape index (κ1) is 21.1. The molecule has 0 saturated carbocycles. The Morgan fingerprint density at radius 2 is 2.06 bits per heavy atom. The van der Waals surface area contributed by atoms with Crippen LogP contribution in [0.4, 0.5) is 5.82 Å². The third kappa shape index (κ3) is 5.50. The van der Waals surface area contributed by atoms with Gasteiger partial charge in [-0.3, -0.25) is 4.79 Å². The van der Waals surface area contributed by atoms with Gasteiger partial charge in [-0.1, -0.05) is 0 Å². The lowest BCUT2D eigenvalue weighted by Crippen LogP contribution is -2.36. The Morgan fingerprint density at radius 3 is 2.84 bits per heavy atom. The Balaban J connectivity index is 1.37. The van der Waals surface area contributed by atoms with E-state index in [0.717, 1.165) is 30.2 Å². The Morgan fingerprint density at radius 1 is 1.19 bits per heavy atom. The van der Waals surface area contributed by atoms with Crippen LogP contribution in [-0.2, 0) is 17.9 Å². The molecule has 1 amide bonds. The van der Waals surface area contributed by atoms with Crippen molar-refractivity contribution in [2.24, 2.45) is 0 Å². The second-order valence-electron chi connectivity index (χ2n) is 6.94. The third-order valence-electron chi connectivity index (χ3n) is 4.88. The molecule has 1 aromatic carbocycles. The molecule has 0 aliphatic carbocycles. The Labute approximate surface area is 184 Å². The van der Waals surface area contributed by atoms with E-state index < -0.39 is 0 Å². The molecular formula is C22H24N4O4S. The van der Waals surface area contributed by atoms with Gasteiger partial charge in [0, 0.05) is 36.8 Å². The lowest BCUT2D eigenvalue weighted by atomic mass is 10.1. The van der Waals surface area contributed by atoms with Crippen molar-refractivity contribution in [1.82, 2.24) is 15.3 Å². The minimum atomic E-state index is -0.186. The van der Waals surface area contributed by atoms with Gasteiger partial charge in [0.25, 0.3) is 5.91 Å². The summed E-state index contributed by atoms with van der Waals surface area (Å²) in [4.78, 5) is 23.5. The standard InChI is InChI=1S/C22H24N4O4S/c1-28-20-11-17(2-3-19(20)30-13-18-14-31-15-25-18)22(27)24-12-16-4-5-23-21(10-16)26-6-8-29-9-7-26/h2-5,10-11,14-15H,6-9,12-13H2,1H3,(H,24,27). The summed E-state index contributed by atoms with van der Waals surface area (Å²) in [6.45, 7) is 3.79. The van der Waals surface area contributed by atoms with Crippen molar-refractivity contribution < 1.29 is 19.0 Å². The van der Waals surface area contributed by atoms with Crippen molar-refractivity contribution in [3.05, 3.63) is 64.2 Å². The molecule has 9 heteroatoms. The number of aromatic nitrogens is 2. The number of benzene rings is 1. The van der Waals surface area contributed by atoms with Crippen LogP contribution < -0.4 is 19.7 Å². The number of carbonyl (C=O) groups is 1. The summed E-state index contributed by atoms with van der Waals surface area (Å²) in [7, 11) is 1.55. The summed E-state index contributed by atoms with van der Waals surface area (Å²) in [6.07, 6.45) is 1.77. The Hall–Kier alpha value is -3.17. The summed E-state index contributed by atoms with van der Waals surface area (Å²) >= 11 is 1.52. The van der Waals surface area contributed by atoms with Gasteiger partial charge >= 0.3 is 0 Å². The number of carbonyl (C=O) groups excluding carboxylic acids is 1. The van der Waals surface area contributed by atoms with E-state index in [2.05, 4.69) is 20.2 Å². The van der Waals surface area contributed by atoms with E-state index in [0.29, 0.717) is 43.4 Å². The van der Waals surface area contributed by atoms with Crippen molar-refractivity contribution in [3.63, 3.8) is 0 Å². The number of morpholine rings is 1. The molecular weight excluding hydrogens is 416 g/mol. The first-order valence-corrected chi connectivity index (χ1v) is 10.9. The van der Waals surface area contributed by atoms with Crippen LogP contribution in [0, 0.1) is 0 Å². The Kier molecular flexibility index (Phi) is 6.96. The van der Waals surface area contributed by atoms with E-state index >= 15 is 0 Å². The quantitative estimate of drug-likeness (QED) is 0.576. The van der Waals surface area contributed by atoms with Crippen LogP contribution in [0.3, 0.4) is 0 Å². The molecule has 0 radical (unpaired) electrons. The largest absolute Gasteiger partial charge is 0.493 e. The Bertz CT molecular complexity index is 1010. The fourth-order valence-electron chi connectivity index (χ4n) is 3.21. The molecule has 1 fully saturated rings. The lowest BCUT2D eigenvalue weighted by molar-refractivity contribution is 0.0950. The smallest absolute Gasteiger partial charge is 0.251 e. The number of rotatable bonds is 8. The summed E-state index contributed by atoms with van der Waals surface area (Å²) in [5.74, 6) is 1.78. The molecule has 3 aromatic rings. The fourth-order valence-corrected chi connectivity index (χ4v) is 3.75. The monoisotopic (exact) mass is 440 g/mol. The van der Waals surface area contributed by atoms with Gasteiger partial charge in [0.2, 0.25) is 0 Å². The van der Waals surface area contributed by atoms with E-state index in [1.165, 1.54) is 11.3 Å². The number of ether oxygens (including phenoxy) is 3. The van der Waals surface area contributed by atoms with Gasteiger partial charge in [-0.2, -0.15) is 0 Å². The van der Waals surface area contributed by atoms with E-state index in [4.69, 9.17) is 14.2 Å². The van der Waals surface area contributed by atoms with E-state index in [9.17, 15) is 4.79 Å². The lowest BCUT2D eigenvalue weighted by Gasteiger charge is -2.28. The molecule has 2 aromatic heterocycles. The number of amides is 1. The molecule has 3 heterocycles. The van der Waals surface area contributed by atoms with Gasteiger partial charge in [-0.15, -0.1) is 11.3 Å². The van der Waals surface area contributed by atoms with E-state index in [1.807, 2.05) is 17.5 Å². The molecule has 1 N–H and O–H groups in total. The topological polar surface area (TPSA) is 85.8 Å². The first-order valence-electron chi connectivity index (χ1n) is 9.96. The number of nitrogens with zero attached hydrogens (tertiary/aromatic N) is 3. The molecule has 0 atom stereocenters. The summed E-state index contributed by atoms with van der Waals surface area (Å²) in [6, 6.07) is 9.04. The fraction of sp³-hybridized carbons (Fsp3) is 0.318. The van der Waals surface area contributed by atoms with Crippen LogP contribution in [0.2, 0.25) is 0 Å². The molecule has 0 unspecified atom stereocenters. The number of hydrogen-bond donors (Lipinski definition) is 1. The SMILES string of the molecule is COc1cc(C(=O)NCc2ccnc(N3CCOCC3)c2)ccc1OCc1cscn1. The highest BCUT2D eigenvalue weighted by molar-refractivity contribution is 7.07. The summed E-state index contributed by atoms with van der Waals surface area (Å²) < 4.78 is 16.6. The predicted octanol–water partition coefficient (Wildman–Crippen LogP) is 2.89. The number of nitrogens with one attached hydrogen (secondary N) is 1. The molecule has 1 aliphatic heterocycles. The van der Waals surface area contributed by atoms with Crippen LogP contribution in [0.1, 0.15) is 21.6 Å². The van der Waals surface area contributed by atoms with Crippen molar-refractivity contribution in [2.75, 3.05) is 38.3 Å². The van der Waals surface area contributed by atoms with Crippen LogP contribution in [0.25, 0.3) is 0 Å². The molecule has 31 heavy (non-hydrogen) atoms. The zero-order valence-electron chi connectivity index (χ0n) is 17.2. The normalized spacial score (nSPS) is 13.6. The predicted molar refractivity (Wildman–Crippen MR) is 118 cm³/mol. The zero-order chi connectivity index (χ0) is 21.5. The van der Waals surface area contributed by atoms with Crippen molar-refractivity contribution in [3.8, 4) is 11.5 Å². The van der Waals surface area contributed by atoms with Crippen molar-refractivity contribution in [1.29, 1.82) is 0 Å². The molecule has 0 spiro atoms. The average Bonchev–Trinajstić information content (AvgIpc) is 3.35. The highest BCUT2D eigenvalue weighted by atomic mass is 32.1. The number of thiazole rings is 1. The van der Waals surface area contributed by atoms with Crippen molar-refractivity contribution >= 4 is 23.1 Å². The van der Waals surface area contributed by atoms with Gasteiger partial charge in [0.1, 0.15) is 12.4 Å². The summed E-state index contributed by atoms with van der Waals surface area (Å²) in [5, 5.41) is 4.88. The van der Waals surface area contributed by atoms with E-state index in [-0.39, 0.29) is 5.91 Å². The maximum absolute atomic E-state index is 12.7. The number of anilines is 1. The van der Waals surface area contributed by atoms with E-state index in [1.54, 1.807) is 37.0 Å². The highest BCUT2D eigenvalue weighted by Gasteiger charge is 2.14. The average molecular weight is 441 g/mol. The summed E-state index contributed by atoms with van der Waals surface area (Å²) in [5.41, 5.74) is 4.10. The molecule has 4 rings (SSSR count). The van der Waals surface area contributed by atoms with Gasteiger partial charge in [0.05, 0.1) is 31.5 Å². The number of hydrogen-bond acceptors (Lipinski definition) is 8. The van der Waals surface area contributed by atoms with Crippen LogP contribution in [0.5, 0.6) is 11.5 Å². The van der Waals surface area contributed by atoms with Crippen LogP contribution in [-0.4, -0.2) is 49.3 Å². The third-order valence-corrected chi connectivity index (χ3v) is 5.52. The minimum Gasteiger partial charge on any atom is -0.493 e. The molecule has 162 valence electrons. The van der Waals surface area contributed by atoms with Gasteiger partial charge in [0.15, 0.2) is 11.5 Å². The molecule has 8 nitrogen and oxygen atoms in total. The maximum atomic E-state index is 12.7. The highest BCUT2D eigenvalue weighted by Crippen LogP contribution is 2.29. The van der Waals surface area contributed by atoms with Crippen LogP contribution >= 0.6 is 11.3 Å². The molecule has 1 aliphatic rings. The zero-order valence-corrected chi connectivity index (χ0v) is 18.1. The first-order chi connectivity index (χ1) is 15.2. The second kappa shape index (κ2) is 10.2.